The van der Waals surface area contributed by atoms with Crippen LogP contribution in [-0.2, 0) is 14.3 Å². The Labute approximate surface area is 84.8 Å². The van der Waals surface area contributed by atoms with Crippen LogP contribution in [0, 0.1) is 11.8 Å². The fraction of sp³-hybridized carbons (Fsp3) is 0.818. The maximum atomic E-state index is 11.8. The second-order valence-electron chi connectivity index (χ2n) is 4.15. The Bertz CT molecular complexity index is 235. The molecular weight excluding hydrogens is 180 g/mol. The Morgan fingerprint density at radius 2 is 2.21 bits per heavy atom. The van der Waals surface area contributed by atoms with Crippen molar-refractivity contribution in [2.75, 3.05) is 7.11 Å². The normalized spacial score (nSPS) is 30.1. The molecule has 14 heavy (non-hydrogen) atoms. The molecule has 0 spiro atoms. The quantitative estimate of drug-likeness (QED) is 0.691. The molecule has 3 nitrogen and oxygen atoms in total. The van der Waals surface area contributed by atoms with Gasteiger partial charge < -0.3 is 4.74 Å². The number of ether oxygens (including phenoxy) is 1. The summed E-state index contributed by atoms with van der Waals surface area (Å²) >= 11 is 0. The van der Waals surface area contributed by atoms with E-state index in [1.807, 2.05) is 6.92 Å². The number of methoxy groups -OCH3 is 1. The number of ketones is 2. The van der Waals surface area contributed by atoms with Gasteiger partial charge in [0.15, 0.2) is 5.78 Å². The van der Waals surface area contributed by atoms with E-state index in [0.717, 1.165) is 6.42 Å². The summed E-state index contributed by atoms with van der Waals surface area (Å²) in [6.45, 7) is 3.78. The molecule has 0 aromatic rings. The van der Waals surface area contributed by atoms with Gasteiger partial charge in [-0.05, 0) is 19.3 Å². The van der Waals surface area contributed by atoms with Crippen LogP contribution in [0.4, 0.5) is 0 Å². The van der Waals surface area contributed by atoms with Gasteiger partial charge in [-0.2, -0.15) is 0 Å². The minimum absolute atomic E-state index is 0.0769. The maximum absolute atomic E-state index is 11.8. The second-order valence-corrected chi connectivity index (χ2v) is 4.15. The summed E-state index contributed by atoms with van der Waals surface area (Å²) in [4.78, 5) is 23.0. The summed E-state index contributed by atoms with van der Waals surface area (Å²) in [5.74, 6) is 0.488. The highest BCUT2D eigenvalue weighted by molar-refractivity contribution is 5.91. The van der Waals surface area contributed by atoms with Gasteiger partial charge in [0.2, 0.25) is 0 Å². The standard InChI is InChI=1S/C11H18O3/c1-7-4-5-9(12)6-10(7)11(13)8(2)14-3/h7-8,10H,4-6H2,1-3H3. The SMILES string of the molecule is COC(C)C(=O)C1CC(=O)CCC1C. The molecule has 0 radical (unpaired) electrons. The zero-order chi connectivity index (χ0) is 10.7. The topological polar surface area (TPSA) is 43.4 Å². The number of Topliss-reactive ketones (excluding diaryl/α,β-unsaturated/α-hetero) is 2. The van der Waals surface area contributed by atoms with Gasteiger partial charge >= 0.3 is 0 Å². The Morgan fingerprint density at radius 3 is 2.79 bits per heavy atom. The van der Waals surface area contributed by atoms with E-state index in [1.165, 1.54) is 7.11 Å². The van der Waals surface area contributed by atoms with Crippen LogP contribution >= 0.6 is 0 Å². The van der Waals surface area contributed by atoms with Crippen molar-refractivity contribution in [3.63, 3.8) is 0 Å². The third-order valence-corrected chi connectivity index (χ3v) is 3.13. The van der Waals surface area contributed by atoms with Crippen molar-refractivity contribution in [2.24, 2.45) is 11.8 Å². The molecule has 0 aliphatic heterocycles. The van der Waals surface area contributed by atoms with Gasteiger partial charge in [0.05, 0.1) is 0 Å². The van der Waals surface area contributed by atoms with Crippen molar-refractivity contribution in [1.29, 1.82) is 0 Å². The molecule has 3 atom stereocenters. The van der Waals surface area contributed by atoms with Crippen molar-refractivity contribution < 1.29 is 14.3 Å². The molecule has 0 N–H and O–H groups in total. The molecule has 1 aliphatic rings. The number of hydrogen-bond acceptors (Lipinski definition) is 3. The van der Waals surface area contributed by atoms with E-state index in [1.54, 1.807) is 6.92 Å². The van der Waals surface area contributed by atoms with E-state index < -0.39 is 0 Å². The maximum Gasteiger partial charge on any atom is 0.165 e. The zero-order valence-corrected chi connectivity index (χ0v) is 9.08. The summed E-state index contributed by atoms with van der Waals surface area (Å²) in [7, 11) is 1.53. The molecule has 0 saturated heterocycles. The van der Waals surface area contributed by atoms with Crippen molar-refractivity contribution in [3.8, 4) is 0 Å². The lowest BCUT2D eigenvalue weighted by Gasteiger charge is -2.28. The first kappa shape index (κ1) is 11.4. The molecule has 0 aromatic heterocycles. The van der Waals surface area contributed by atoms with Gasteiger partial charge in [-0.25, -0.2) is 0 Å². The van der Waals surface area contributed by atoms with Gasteiger partial charge in [-0.1, -0.05) is 6.92 Å². The van der Waals surface area contributed by atoms with Crippen LogP contribution in [0.1, 0.15) is 33.1 Å². The number of hydrogen-bond donors (Lipinski definition) is 0. The minimum Gasteiger partial charge on any atom is -0.374 e. The molecule has 0 bridgehead atoms. The van der Waals surface area contributed by atoms with Gasteiger partial charge in [0, 0.05) is 25.9 Å². The van der Waals surface area contributed by atoms with Crippen LogP contribution in [0.2, 0.25) is 0 Å². The Morgan fingerprint density at radius 1 is 1.57 bits per heavy atom. The van der Waals surface area contributed by atoms with Crippen molar-refractivity contribution >= 4 is 11.6 Å². The smallest absolute Gasteiger partial charge is 0.165 e. The average molecular weight is 198 g/mol. The van der Waals surface area contributed by atoms with Crippen LogP contribution in [0.25, 0.3) is 0 Å². The van der Waals surface area contributed by atoms with Crippen LogP contribution in [0.15, 0.2) is 0 Å². The third kappa shape index (κ3) is 2.41. The van der Waals surface area contributed by atoms with Crippen LogP contribution in [0.5, 0.6) is 0 Å². The van der Waals surface area contributed by atoms with E-state index in [2.05, 4.69) is 0 Å². The molecule has 1 aliphatic carbocycles. The van der Waals surface area contributed by atoms with Crippen molar-refractivity contribution in [3.05, 3.63) is 0 Å². The molecular formula is C11H18O3. The Hall–Kier alpha value is -0.700. The Balaban J connectivity index is 2.64. The number of rotatable bonds is 3. The first-order chi connectivity index (χ1) is 6.56. The summed E-state index contributed by atoms with van der Waals surface area (Å²) in [5.41, 5.74) is 0. The monoisotopic (exact) mass is 198 g/mol. The fourth-order valence-corrected chi connectivity index (χ4v) is 1.94. The summed E-state index contributed by atoms with van der Waals surface area (Å²) in [6, 6.07) is 0. The Kier molecular flexibility index (Phi) is 3.81. The highest BCUT2D eigenvalue weighted by atomic mass is 16.5. The predicted octanol–water partition coefficient (Wildman–Crippen LogP) is 1.60. The summed E-state index contributed by atoms with van der Waals surface area (Å²) in [5, 5.41) is 0. The molecule has 3 heteroatoms. The van der Waals surface area contributed by atoms with Gasteiger partial charge in [-0.15, -0.1) is 0 Å². The summed E-state index contributed by atoms with van der Waals surface area (Å²) < 4.78 is 4.99. The predicted molar refractivity (Wildman–Crippen MR) is 53.0 cm³/mol. The van der Waals surface area contributed by atoms with Gasteiger partial charge in [0.1, 0.15) is 11.9 Å². The lowest BCUT2D eigenvalue weighted by molar-refractivity contribution is -0.138. The molecule has 0 heterocycles. The highest BCUT2D eigenvalue weighted by Crippen LogP contribution is 2.29. The molecule has 1 fully saturated rings. The lowest BCUT2D eigenvalue weighted by Crippen LogP contribution is -2.35. The molecule has 1 saturated carbocycles. The van der Waals surface area contributed by atoms with E-state index in [9.17, 15) is 9.59 Å². The van der Waals surface area contributed by atoms with Crippen molar-refractivity contribution in [2.45, 2.75) is 39.2 Å². The number of carbonyl (C=O) groups excluding carboxylic acids is 2. The summed E-state index contributed by atoms with van der Waals surface area (Å²) in [6.07, 6.45) is 1.50. The number of carbonyl (C=O) groups is 2. The van der Waals surface area contributed by atoms with Crippen LogP contribution in [0.3, 0.4) is 0 Å². The minimum atomic E-state index is -0.381. The zero-order valence-electron chi connectivity index (χ0n) is 9.08. The molecule has 3 unspecified atom stereocenters. The van der Waals surface area contributed by atoms with Crippen LogP contribution < -0.4 is 0 Å². The first-order valence-electron chi connectivity index (χ1n) is 5.14. The third-order valence-electron chi connectivity index (χ3n) is 3.13. The van der Waals surface area contributed by atoms with Gasteiger partial charge in [-0.3, -0.25) is 9.59 Å². The largest absolute Gasteiger partial charge is 0.374 e. The highest BCUT2D eigenvalue weighted by Gasteiger charge is 2.33. The molecule has 1 rings (SSSR count). The van der Waals surface area contributed by atoms with Gasteiger partial charge in [0.25, 0.3) is 0 Å². The molecule has 0 amide bonds. The van der Waals surface area contributed by atoms with E-state index in [4.69, 9.17) is 4.74 Å². The second kappa shape index (κ2) is 4.69. The van der Waals surface area contributed by atoms with E-state index in [0.29, 0.717) is 18.8 Å². The molecule has 0 aromatic carbocycles. The van der Waals surface area contributed by atoms with Crippen LogP contribution in [-0.4, -0.2) is 24.8 Å². The van der Waals surface area contributed by atoms with E-state index >= 15 is 0 Å². The van der Waals surface area contributed by atoms with Crippen molar-refractivity contribution in [1.82, 2.24) is 0 Å². The average Bonchev–Trinajstić information content (AvgIpc) is 2.19. The lowest BCUT2D eigenvalue weighted by atomic mass is 9.76. The van der Waals surface area contributed by atoms with E-state index in [-0.39, 0.29) is 23.6 Å². The first-order valence-corrected chi connectivity index (χ1v) is 5.14. The molecule has 80 valence electrons. The fourth-order valence-electron chi connectivity index (χ4n) is 1.94.